The maximum Gasteiger partial charge on any atom is 0.335 e. The smallest absolute Gasteiger partial charge is 0.335 e. The fourth-order valence-corrected chi connectivity index (χ4v) is 1.84. The van der Waals surface area contributed by atoms with E-state index in [2.05, 4.69) is 17.2 Å². The van der Waals surface area contributed by atoms with Gasteiger partial charge < -0.3 is 10.4 Å². The van der Waals surface area contributed by atoms with Gasteiger partial charge in [0, 0.05) is 23.8 Å². The van der Waals surface area contributed by atoms with Gasteiger partial charge >= 0.3 is 5.97 Å². The number of aromatic nitrogens is 1. The van der Waals surface area contributed by atoms with Gasteiger partial charge in [-0.2, -0.15) is 0 Å². The second-order valence-electron chi connectivity index (χ2n) is 4.18. The van der Waals surface area contributed by atoms with E-state index in [0.29, 0.717) is 5.52 Å². The predicted molar refractivity (Wildman–Crippen MR) is 72.1 cm³/mol. The van der Waals surface area contributed by atoms with Gasteiger partial charge in [-0.3, -0.25) is 4.98 Å². The summed E-state index contributed by atoms with van der Waals surface area (Å²) in [5.74, 6) is -0.928. The standard InChI is InChI=1S/C14H16N2O2/c1-2-3-7-15-12-6-8-16-13-9-10(14(17)18)4-5-11(12)13/h4-6,8-9H,2-3,7H2,1H3,(H,15,16)(H,17,18). The van der Waals surface area contributed by atoms with Crippen LogP contribution in [0.15, 0.2) is 30.5 Å². The summed E-state index contributed by atoms with van der Waals surface area (Å²) in [6, 6.07) is 6.93. The highest BCUT2D eigenvalue weighted by Crippen LogP contribution is 2.22. The third-order valence-electron chi connectivity index (χ3n) is 2.84. The highest BCUT2D eigenvalue weighted by molar-refractivity contribution is 5.97. The zero-order valence-electron chi connectivity index (χ0n) is 10.3. The number of carbonyl (C=O) groups is 1. The average Bonchev–Trinajstić information content (AvgIpc) is 2.38. The first-order chi connectivity index (χ1) is 8.72. The Kier molecular flexibility index (Phi) is 3.77. The fourth-order valence-electron chi connectivity index (χ4n) is 1.84. The van der Waals surface area contributed by atoms with E-state index in [4.69, 9.17) is 5.11 Å². The van der Waals surface area contributed by atoms with Crippen molar-refractivity contribution in [2.45, 2.75) is 19.8 Å². The lowest BCUT2D eigenvalue weighted by atomic mass is 10.1. The molecule has 0 spiro atoms. The number of carboxylic acid groups (broad SMARTS) is 1. The van der Waals surface area contributed by atoms with Crippen molar-refractivity contribution < 1.29 is 9.90 Å². The molecule has 2 N–H and O–H groups in total. The summed E-state index contributed by atoms with van der Waals surface area (Å²) in [6.45, 7) is 3.06. The zero-order chi connectivity index (χ0) is 13.0. The molecule has 0 aliphatic heterocycles. The van der Waals surface area contributed by atoms with E-state index in [1.807, 2.05) is 6.07 Å². The average molecular weight is 244 g/mol. The molecule has 2 aromatic rings. The van der Waals surface area contributed by atoms with E-state index in [9.17, 15) is 4.79 Å². The molecule has 0 atom stereocenters. The maximum atomic E-state index is 10.9. The van der Waals surface area contributed by atoms with E-state index < -0.39 is 5.97 Å². The Balaban J connectivity index is 2.34. The normalized spacial score (nSPS) is 10.5. The number of hydrogen-bond donors (Lipinski definition) is 2. The van der Waals surface area contributed by atoms with E-state index in [-0.39, 0.29) is 5.56 Å². The topological polar surface area (TPSA) is 62.2 Å². The van der Waals surface area contributed by atoms with E-state index in [0.717, 1.165) is 30.5 Å². The number of pyridine rings is 1. The molecule has 0 saturated heterocycles. The highest BCUT2D eigenvalue weighted by Gasteiger charge is 2.06. The van der Waals surface area contributed by atoms with E-state index >= 15 is 0 Å². The largest absolute Gasteiger partial charge is 0.478 e. The molecule has 0 saturated carbocycles. The summed E-state index contributed by atoms with van der Waals surface area (Å²) in [5.41, 5.74) is 1.97. The summed E-state index contributed by atoms with van der Waals surface area (Å²) < 4.78 is 0. The quantitative estimate of drug-likeness (QED) is 0.793. The Bertz CT molecular complexity index is 567. The van der Waals surface area contributed by atoms with Gasteiger partial charge in [0.15, 0.2) is 0 Å². The van der Waals surface area contributed by atoms with Crippen LogP contribution in [0.5, 0.6) is 0 Å². The van der Waals surface area contributed by atoms with Crippen LogP contribution in [-0.2, 0) is 0 Å². The van der Waals surface area contributed by atoms with Crippen molar-refractivity contribution in [2.24, 2.45) is 0 Å². The summed E-state index contributed by atoms with van der Waals surface area (Å²) >= 11 is 0. The van der Waals surface area contributed by atoms with Crippen LogP contribution < -0.4 is 5.32 Å². The minimum absolute atomic E-state index is 0.265. The van der Waals surface area contributed by atoms with E-state index in [1.54, 1.807) is 24.4 Å². The molecule has 1 heterocycles. The van der Waals surface area contributed by atoms with Gasteiger partial charge in [0.25, 0.3) is 0 Å². The number of unbranched alkanes of at least 4 members (excludes halogenated alkanes) is 1. The van der Waals surface area contributed by atoms with Crippen LogP contribution in [0.2, 0.25) is 0 Å². The summed E-state index contributed by atoms with van der Waals surface area (Å²) in [6.07, 6.45) is 3.94. The minimum atomic E-state index is -0.928. The lowest BCUT2D eigenvalue weighted by Gasteiger charge is -2.09. The molecular weight excluding hydrogens is 228 g/mol. The lowest BCUT2D eigenvalue weighted by Crippen LogP contribution is -2.02. The number of rotatable bonds is 5. The molecule has 0 radical (unpaired) electrons. The number of hydrogen-bond acceptors (Lipinski definition) is 3. The lowest BCUT2D eigenvalue weighted by molar-refractivity contribution is 0.0697. The maximum absolute atomic E-state index is 10.9. The van der Waals surface area contributed by atoms with Crippen molar-refractivity contribution in [1.82, 2.24) is 4.98 Å². The fraction of sp³-hybridized carbons (Fsp3) is 0.286. The Labute approximate surface area is 106 Å². The van der Waals surface area contributed by atoms with Gasteiger partial charge in [0.1, 0.15) is 0 Å². The molecule has 0 amide bonds. The van der Waals surface area contributed by atoms with Crippen molar-refractivity contribution in [3.63, 3.8) is 0 Å². The first-order valence-electron chi connectivity index (χ1n) is 6.08. The number of carboxylic acids is 1. The second kappa shape index (κ2) is 5.49. The van der Waals surface area contributed by atoms with Gasteiger partial charge in [-0.25, -0.2) is 4.79 Å². The molecule has 1 aromatic heterocycles. The monoisotopic (exact) mass is 244 g/mol. The van der Waals surface area contributed by atoms with Gasteiger partial charge in [0.05, 0.1) is 11.1 Å². The predicted octanol–water partition coefficient (Wildman–Crippen LogP) is 3.15. The van der Waals surface area contributed by atoms with Crippen molar-refractivity contribution in [3.05, 3.63) is 36.0 Å². The number of benzene rings is 1. The van der Waals surface area contributed by atoms with Crippen LogP contribution >= 0.6 is 0 Å². The second-order valence-corrected chi connectivity index (χ2v) is 4.18. The van der Waals surface area contributed by atoms with Crippen molar-refractivity contribution in [3.8, 4) is 0 Å². The summed E-state index contributed by atoms with van der Waals surface area (Å²) in [4.78, 5) is 15.1. The number of nitrogens with one attached hydrogen (secondary N) is 1. The van der Waals surface area contributed by atoms with Crippen LogP contribution in [0.4, 0.5) is 5.69 Å². The molecule has 18 heavy (non-hydrogen) atoms. The van der Waals surface area contributed by atoms with Gasteiger partial charge in [-0.15, -0.1) is 0 Å². The summed E-state index contributed by atoms with van der Waals surface area (Å²) in [5, 5.41) is 13.3. The van der Waals surface area contributed by atoms with Crippen LogP contribution in [0.1, 0.15) is 30.1 Å². The van der Waals surface area contributed by atoms with Crippen molar-refractivity contribution in [2.75, 3.05) is 11.9 Å². The molecule has 0 aliphatic rings. The minimum Gasteiger partial charge on any atom is -0.478 e. The Hall–Kier alpha value is -2.10. The highest BCUT2D eigenvalue weighted by atomic mass is 16.4. The Morgan fingerprint density at radius 3 is 2.94 bits per heavy atom. The third-order valence-corrected chi connectivity index (χ3v) is 2.84. The van der Waals surface area contributed by atoms with Crippen molar-refractivity contribution >= 4 is 22.6 Å². The van der Waals surface area contributed by atoms with E-state index in [1.165, 1.54) is 0 Å². The number of aromatic carboxylic acids is 1. The van der Waals surface area contributed by atoms with Crippen molar-refractivity contribution in [1.29, 1.82) is 0 Å². The number of anilines is 1. The SMILES string of the molecule is CCCCNc1ccnc2cc(C(=O)O)ccc12. The van der Waals surface area contributed by atoms with Crippen LogP contribution in [0.3, 0.4) is 0 Å². The molecule has 0 aliphatic carbocycles. The first kappa shape index (κ1) is 12.4. The molecule has 4 nitrogen and oxygen atoms in total. The molecule has 1 aromatic carbocycles. The van der Waals surface area contributed by atoms with Crippen LogP contribution in [0.25, 0.3) is 10.9 Å². The number of fused-ring (bicyclic) bond motifs is 1. The Morgan fingerprint density at radius 1 is 1.39 bits per heavy atom. The molecule has 0 bridgehead atoms. The summed E-state index contributed by atoms with van der Waals surface area (Å²) in [7, 11) is 0. The molecule has 0 fully saturated rings. The van der Waals surface area contributed by atoms with Crippen LogP contribution in [-0.4, -0.2) is 22.6 Å². The molecule has 4 heteroatoms. The molecule has 94 valence electrons. The van der Waals surface area contributed by atoms with Gasteiger partial charge in [-0.05, 0) is 30.7 Å². The van der Waals surface area contributed by atoms with Gasteiger partial charge in [-0.1, -0.05) is 13.3 Å². The van der Waals surface area contributed by atoms with Crippen LogP contribution in [0, 0.1) is 0 Å². The zero-order valence-corrected chi connectivity index (χ0v) is 10.3. The first-order valence-corrected chi connectivity index (χ1v) is 6.08. The Morgan fingerprint density at radius 2 is 2.22 bits per heavy atom. The molecular formula is C14H16N2O2. The number of nitrogens with zero attached hydrogens (tertiary/aromatic N) is 1. The van der Waals surface area contributed by atoms with Gasteiger partial charge in [0.2, 0.25) is 0 Å². The molecule has 2 rings (SSSR count). The third kappa shape index (κ3) is 2.59. The molecule has 0 unspecified atom stereocenters.